The summed E-state index contributed by atoms with van der Waals surface area (Å²) in [5.41, 5.74) is 0. The van der Waals surface area contributed by atoms with E-state index >= 15 is 0 Å². The van der Waals surface area contributed by atoms with Crippen LogP contribution in [-0.4, -0.2) is 44.2 Å². The molecule has 0 spiro atoms. The lowest BCUT2D eigenvalue weighted by atomic mass is 10.2. The number of esters is 2. The van der Waals surface area contributed by atoms with Crippen molar-refractivity contribution in [1.82, 2.24) is 5.32 Å². The Labute approximate surface area is 138 Å². The van der Waals surface area contributed by atoms with Gasteiger partial charge in [0.15, 0.2) is 6.10 Å². The van der Waals surface area contributed by atoms with Crippen LogP contribution < -0.4 is 10.1 Å². The Bertz CT molecular complexity index is 560. The summed E-state index contributed by atoms with van der Waals surface area (Å²) >= 11 is 5.76. The third kappa shape index (κ3) is 6.15. The van der Waals surface area contributed by atoms with E-state index in [0.29, 0.717) is 10.8 Å². The summed E-state index contributed by atoms with van der Waals surface area (Å²) in [6.07, 6.45) is -1.22. The van der Waals surface area contributed by atoms with Gasteiger partial charge >= 0.3 is 11.9 Å². The number of carbonyl (C=O) groups excluding carboxylic acids is 3. The van der Waals surface area contributed by atoms with Crippen molar-refractivity contribution >= 4 is 29.4 Å². The number of amides is 1. The summed E-state index contributed by atoms with van der Waals surface area (Å²) in [7, 11) is 2.34. The third-order valence-electron chi connectivity index (χ3n) is 2.90. The standard InChI is InChI=1S/C15H18ClNO6/c1-9(23-11-6-4-10(16)5-7-11)14(19)17-12(15(20)22-3)8-13(18)21-2/h4-7,9,12H,8H2,1-3H3,(H,17,19)/t9-,12-/m0/s1. The molecule has 0 radical (unpaired) electrons. The number of methoxy groups -OCH3 is 2. The van der Waals surface area contributed by atoms with Crippen LogP contribution in [0.2, 0.25) is 5.02 Å². The first kappa shape index (κ1) is 18.8. The molecule has 0 bridgehead atoms. The van der Waals surface area contributed by atoms with E-state index in [4.69, 9.17) is 16.3 Å². The van der Waals surface area contributed by atoms with Crippen molar-refractivity contribution < 1.29 is 28.6 Å². The Morgan fingerprint density at radius 1 is 1.13 bits per heavy atom. The van der Waals surface area contributed by atoms with Crippen molar-refractivity contribution in [3.63, 3.8) is 0 Å². The van der Waals surface area contributed by atoms with Crippen LogP contribution in [0.25, 0.3) is 0 Å². The molecule has 0 heterocycles. The van der Waals surface area contributed by atoms with E-state index in [-0.39, 0.29) is 6.42 Å². The summed E-state index contributed by atoms with van der Waals surface area (Å²) in [4.78, 5) is 35.0. The molecule has 0 fully saturated rings. The number of halogens is 1. The first-order chi connectivity index (χ1) is 10.9. The van der Waals surface area contributed by atoms with E-state index in [1.165, 1.54) is 14.0 Å². The smallest absolute Gasteiger partial charge is 0.328 e. The number of hydrogen-bond acceptors (Lipinski definition) is 6. The second kappa shape index (κ2) is 8.99. The molecule has 0 unspecified atom stereocenters. The van der Waals surface area contributed by atoms with E-state index < -0.39 is 30.0 Å². The van der Waals surface area contributed by atoms with Gasteiger partial charge in [-0.15, -0.1) is 0 Å². The van der Waals surface area contributed by atoms with Crippen molar-refractivity contribution in [3.05, 3.63) is 29.3 Å². The molecular weight excluding hydrogens is 326 g/mol. The Morgan fingerprint density at radius 2 is 1.74 bits per heavy atom. The SMILES string of the molecule is COC(=O)C[C@H](NC(=O)[C@H](C)Oc1ccc(Cl)cc1)C(=O)OC. The van der Waals surface area contributed by atoms with Crippen LogP contribution in [0.15, 0.2) is 24.3 Å². The van der Waals surface area contributed by atoms with Gasteiger partial charge < -0.3 is 19.5 Å². The molecule has 1 rings (SSSR count). The van der Waals surface area contributed by atoms with Gasteiger partial charge in [-0.3, -0.25) is 9.59 Å². The zero-order chi connectivity index (χ0) is 17.4. The summed E-state index contributed by atoms with van der Waals surface area (Å²) in [5.74, 6) is -1.52. The van der Waals surface area contributed by atoms with Crippen molar-refractivity contribution in [1.29, 1.82) is 0 Å². The Balaban J connectivity index is 2.67. The van der Waals surface area contributed by atoms with Crippen molar-refractivity contribution in [2.24, 2.45) is 0 Å². The first-order valence-corrected chi connectivity index (χ1v) is 7.12. The molecule has 0 saturated heterocycles. The summed E-state index contributed by atoms with van der Waals surface area (Å²) < 4.78 is 14.5. The number of nitrogens with one attached hydrogen (secondary N) is 1. The molecule has 1 aromatic rings. The quantitative estimate of drug-likeness (QED) is 0.751. The topological polar surface area (TPSA) is 90.9 Å². The van der Waals surface area contributed by atoms with E-state index in [1.54, 1.807) is 24.3 Å². The zero-order valence-corrected chi connectivity index (χ0v) is 13.8. The summed E-state index contributed by atoms with van der Waals surface area (Å²) in [5, 5.41) is 2.94. The summed E-state index contributed by atoms with van der Waals surface area (Å²) in [6, 6.07) is 5.32. The molecule has 0 aliphatic carbocycles. The number of hydrogen-bond donors (Lipinski definition) is 1. The first-order valence-electron chi connectivity index (χ1n) is 6.74. The molecule has 2 atom stereocenters. The Morgan fingerprint density at radius 3 is 2.26 bits per heavy atom. The average molecular weight is 344 g/mol. The average Bonchev–Trinajstić information content (AvgIpc) is 2.55. The second-order valence-electron chi connectivity index (χ2n) is 4.58. The van der Waals surface area contributed by atoms with Crippen molar-refractivity contribution in [2.75, 3.05) is 14.2 Å². The number of benzene rings is 1. The highest BCUT2D eigenvalue weighted by Gasteiger charge is 2.27. The maximum absolute atomic E-state index is 12.1. The number of rotatable bonds is 7. The Hall–Kier alpha value is -2.28. The van der Waals surface area contributed by atoms with Gasteiger partial charge in [0.25, 0.3) is 5.91 Å². The van der Waals surface area contributed by atoms with E-state index in [0.717, 1.165) is 7.11 Å². The van der Waals surface area contributed by atoms with Crippen LogP contribution >= 0.6 is 11.6 Å². The third-order valence-corrected chi connectivity index (χ3v) is 3.15. The molecule has 0 aromatic heterocycles. The molecule has 1 N–H and O–H groups in total. The minimum absolute atomic E-state index is 0.331. The largest absolute Gasteiger partial charge is 0.481 e. The molecule has 1 amide bonds. The molecule has 8 heteroatoms. The van der Waals surface area contributed by atoms with Gasteiger partial charge in [-0.2, -0.15) is 0 Å². The highest BCUT2D eigenvalue weighted by atomic mass is 35.5. The molecule has 126 valence electrons. The van der Waals surface area contributed by atoms with Crippen LogP contribution in [0.4, 0.5) is 0 Å². The predicted octanol–water partition coefficient (Wildman–Crippen LogP) is 1.33. The predicted molar refractivity (Wildman–Crippen MR) is 82.1 cm³/mol. The van der Waals surface area contributed by atoms with Crippen LogP contribution in [-0.2, 0) is 23.9 Å². The van der Waals surface area contributed by atoms with Crippen LogP contribution in [0.1, 0.15) is 13.3 Å². The highest BCUT2D eigenvalue weighted by Crippen LogP contribution is 2.16. The van der Waals surface area contributed by atoms with Crippen molar-refractivity contribution in [3.8, 4) is 5.75 Å². The van der Waals surface area contributed by atoms with Crippen molar-refractivity contribution in [2.45, 2.75) is 25.5 Å². The Kier molecular flexibility index (Phi) is 7.34. The number of ether oxygens (including phenoxy) is 3. The van der Waals surface area contributed by atoms with Crippen LogP contribution in [0.5, 0.6) is 5.75 Å². The van der Waals surface area contributed by atoms with E-state index in [2.05, 4.69) is 14.8 Å². The molecule has 0 saturated carbocycles. The monoisotopic (exact) mass is 343 g/mol. The van der Waals surface area contributed by atoms with Gasteiger partial charge in [-0.25, -0.2) is 4.79 Å². The minimum Gasteiger partial charge on any atom is -0.481 e. The number of carbonyl (C=O) groups is 3. The molecule has 0 aliphatic heterocycles. The maximum atomic E-state index is 12.1. The molecule has 0 aliphatic rings. The highest BCUT2D eigenvalue weighted by molar-refractivity contribution is 6.30. The molecule has 1 aromatic carbocycles. The van der Waals surface area contributed by atoms with E-state index in [9.17, 15) is 14.4 Å². The van der Waals surface area contributed by atoms with E-state index in [1.807, 2.05) is 0 Å². The lowest BCUT2D eigenvalue weighted by Gasteiger charge is -2.19. The van der Waals surface area contributed by atoms with Gasteiger partial charge in [0, 0.05) is 5.02 Å². The zero-order valence-electron chi connectivity index (χ0n) is 13.0. The fourth-order valence-electron chi connectivity index (χ4n) is 1.65. The van der Waals surface area contributed by atoms with Gasteiger partial charge in [0.1, 0.15) is 11.8 Å². The van der Waals surface area contributed by atoms with Crippen LogP contribution in [0, 0.1) is 0 Å². The maximum Gasteiger partial charge on any atom is 0.328 e. The summed E-state index contributed by atoms with van der Waals surface area (Å²) in [6.45, 7) is 1.51. The normalized spacial score (nSPS) is 12.7. The minimum atomic E-state index is -1.14. The molecule has 23 heavy (non-hydrogen) atoms. The molecular formula is C15H18ClNO6. The van der Waals surface area contributed by atoms with Crippen LogP contribution in [0.3, 0.4) is 0 Å². The lowest BCUT2D eigenvalue weighted by Crippen LogP contribution is -2.47. The second-order valence-corrected chi connectivity index (χ2v) is 5.02. The lowest BCUT2D eigenvalue weighted by molar-refractivity contribution is -0.151. The fraction of sp³-hybridized carbons (Fsp3) is 0.400. The van der Waals surface area contributed by atoms with Gasteiger partial charge in [-0.1, -0.05) is 11.6 Å². The molecule has 7 nitrogen and oxygen atoms in total. The van der Waals surface area contributed by atoms with Gasteiger partial charge in [0.05, 0.1) is 20.6 Å². The fourth-order valence-corrected chi connectivity index (χ4v) is 1.77. The van der Waals surface area contributed by atoms with Gasteiger partial charge in [-0.05, 0) is 31.2 Å². The van der Waals surface area contributed by atoms with Gasteiger partial charge in [0.2, 0.25) is 0 Å².